The van der Waals surface area contributed by atoms with Gasteiger partial charge >= 0.3 is 0 Å². The molecular weight excluding hydrogens is 645 g/mol. The minimum Gasteiger partial charge on any atom is -0.309 e. The first-order chi connectivity index (χ1) is 26.1. The van der Waals surface area contributed by atoms with E-state index in [1.165, 1.54) is 60.3 Å². The van der Waals surface area contributed by atoms with E-state index < -0.39 is 0 Å². The van der Waals surface area contributed by atoms with Crippen LogP contribution in [-0.2, 0) is 5.41 Å². The number of hydrogen-bond acceptors (Lipinski definition) is 2. The number of para-hydroxylation sites is 3. The van der Waals surface area contributed by atoms with Gasteiger partial charge in [-0.1, -0.05) is 141 Å². The van der Waals surface area contributed by atoms with Crippen molar-refractivity contribution in [1.29, 1.82) is 0 Å². The molecule has 0 unspecified atom stereocenters. The molecule has 53 heavy (non-hydrogen) atoms. The largest absolute Gasteiger partial charge is 0.309 e. The zero-order valence-electron chi connectivity index (χ0n) is 29.5. The fourth-order valence-corrected chi connectivity index (χ4v) is 8.94. The van der Waals surface area contributed by atoms with Crippen LogP contribution in [0.5, 0.6) is 0 Å². The number of aromatic nitrogens is 4. The van der Waals surface area contributed by atoms with Gasteiger partial charge in [0.05, 0.1) is 33.5 Å². The van der Waals surface area contributed by atoms with Crippen LogP contribution in [-0.4, -0.2) is 19.1 Å². The van der Waals surface area contributed by atoms with Crippen LogP contribution < -0.4 is 0 Å². The van der Waals surface area contributed by atoms with Gasteiger partial charge in [-0.15, -0.1) is 0 Å². The average molecular weight is 679 g/mol. The molecule has 0 N–H and O–H groups in total. The molecule has 11 rings (SSSR count). The minimum absolute atomic E-state index is 0.249. The van der Waals surface area contributed by atoms with Gasteiger partial charge in [-0.25, -0.2) is 9.97 Å². The third-order valence-electron chi connectivity index (χ3n) is 11.3. The number of hydrogen-bond donors (Lipinski definition) is 0. The highest BCUT2D eigenvalue weighted by atomic mass is 15.0. The molecule has 0 saturated heterocycles. The zero-order valence-corrected chi connectivity index (χ0v) is 29.5. The van der Waals surface area contributed by atoms with Gasteiger partial charge < -0.3 is 9.13 Å². The molecular formula is C49H34N4. The average Bonchev–Trinajstić information content (AvgIpc) is 3.82. The maximum atomic E-state index is 5.34. The molecule has 0 bridgehead atoms. The first-order valence-corrected chi connectivity index (χ1v) is 18.3. The lowest BCUT2D eigenvalue weighted by Gasteiger charge is -2.24. The van der Waals surface area contributed by atoms with Crippen molar-refractivity contribution >= 4 is 43.6 Å². The van der Waals surface area contributed by atoms with Crippen LogP contribution in [0.3, 0.4) is 0 Å². The van der Waals surface area contributed by atoms with Crippen LogP contribution in [0.1, 0.15) is 25.0 Å². The highest BCUT2D eigenvalue weighted by molar-refractivity contribution is 6.26. The Labute approximate surface area is 307 Å². The molecule has 250 valence electrons. The van der Waals surface area contributed by atoms with Gasteiger partial charge in [0.25, 0.3) is 0 Å². The predicted molar refractivity (Wildman–Crippen MR) is 219 cm³/mol. The smallest absolute Gasteiger partial charge is 0.160 e. The van der Waals surface area contributed by atoms with Crippen molar-refractivity contribution in [2.24, 2.45) is 0 Å². The Morgan fingerprint density at radius 2 is 1.04 bits per heavy atom. The maximum absolute atomic E-state index is 5.34. The van der Waals surface area contributed by atoms with Crippen molar-refractivity contribution in [1.82, 2.24) is 19.1 Å². The van der Waals surface area contributed by atoms with Crippen molar-refractivity contribution in [3.63, 3.8) is 0 Å². The molecule has 0 spiro atoms. The second kappa shape index (κ2) is 11.1. The Kier molecular flexibility index (Phi) is 6.27. The number of fused-ring (bicyclic) bond motifs is 10. The molecule has 10 aromatic rings. The molecule has 0 radical (unpaired) electrons. The van der Waals surface area contributed by atoms with Crippen LogP contribution in [0.15, 0.2) is 170 Å². The molecule has 0 amide bonds. The highest BCUT2D eigenvalue weighted by Crippen LogP contribution is 2.51. The molecule has 3 heterocycles. The Morgan fingerprint density at radius 1 is 0.434 bits per heavy atom. The summed E-state index contributed by atoms with van der Waals surface area (Å²) in [5.41, 5.74) is 14.6. The quantitative estimate of drug-likeness (QED) is 0.186. The van der Waals surface area contributed by atoms with E-state index in [9.17, 15) is 0 Å². The van der Waals surface area contributed by atoms with Crippen LogP contribution in [0.4, 0.5) is 0 Å². The Hall–Kier alpha value is -6.78. The molecule has 1 aliphatic carbocycles. The third-order valence-corrected chi connectivity index (χ3v) is 11.3. The van der Waals surface area contributed by atoms with Gasteiger partial charge in [0, 0.05) is 60.6 Å². The van der Waals surface area contributed by atoms with E-state index in [0.717, 1.165) is 39.7 Å². The predicted octanol–water partition coefficient (Wildman–Crippen LogP) is 12.3. The summed E-state index contributed by atoms with van der Waals surface area (Å²) in [6.45, 7) is 4.60. The fourth-order valence-electron chi connectivity index (χ4n) is 8.94. The van der Waals surface area contributed by atoms with Crippen LogP contribution in [0, 0.1) is 0 Å². The lowest BCUT2D eigenvalue weighted by Crippen LogP contribution is -2.17. The molecule has 7 aromatic carbocycles. The van der Waals surface area contributed by atoms with E-state index in [2.05, 4.69) is 187 Å². The normalized spacial score (nSPS) is 13.2. The zero-order chi connectivity index (χ0) is 35.3. The first-order valence-electron chi connectivity index (χ1n) is 18.3. The Morgan fingerprint density at radius 3 is 1.81 bits per heavy atom. The van der Waals surface area contributed by atoms with E-state index in [1.54, 1.807) is 0 Å². The van der Waals surface area contributed by atoms with Crippen LogP contribution in [0.2, 0.25) is 0 Å². The highest BCUT2D eigenvalue weighted by Gasteiger charge is 2.40. The monoisotopic (exact) mass is 678 g/mol. The van der Waals surface area contributed by atoms with E-state index >= 15 is 0 Å². The summed E-state index contributed by atoms with van der Waals surface area (Å²) < 4.78 is 4.85. The Bertz CT molecular complexity index is 3060. The summed E-state index contributed by atoms with van der Waals surface area (Å²) in [5, 5.41) is 4.98. The fraction of sp³-hybridized carbons (Fsp3) is 0.0612. The third kappa shape index (κ3) is 4.24. The molecule has 1 aliphatic rings. The van der Waals surface area contributed by atoms with E-state index in [-0.39, 0.29) is 5.41 Å². The van der Waals surface area contributed by atoms with Crippen LogP contribution in [0.25, 0.3) is 88.9 Å². The van der Waals surface area contributed by atoms with Crippen LogP contribution >= 0.6 is 0 Å². The van der Waals surface area contributed by atoms with Gasteiger partial charge in [0.2, 0.25) is 0 Å². The van der Waals surface area contributed by atoms with Gasteiger partial charge in [-0.2, -0.15) is 0 Å². The Balaban J connectivity index is 1.16. The van der Waals surface area contributed by atoms with E-state index in [1.807, 2.05) is 6.07 Å². The molecule has 3 aromatic heterocycles. The second-order valence-corrected chi connectivity index (χ2v) is 14.6. The number of rotatable bonds is 4. The summed E-state index contributed by atoms with van der Waals surface area (Å²) in [6, 6.07) is 60.9. The SMILES string of the molecule is CC1(C)c2ccccc2-c2nc(-c3ccccc3)nc(-c3ccc(-n4c5ccccc5c5ccc6c(c7ccccc7n6-c6ccccc6)c54)cc3)c21. The molecule has 4 nitrogen and oxygen atoms in total. The summed E-state index contributed by atoms with van der Waals surface area (Å²) in [5.74, 6) is 0.746. The van der Waals surface area contributed by atoms with Crippen molar-refractivity contribution in [2.75, 3.05) is 0 Å². The second-order valence-electron chi connectivity index (χ2n) is 14.6. The van der Waals surface area contributed by atoms with Gasteiger partial charge in [0.15, 0.2) is 5.82 Å². The standard InChI is InChI=1S/C49H34N4/c1-49(2)39-22-12-9-20-37(39)46-44(49)45(50-48(51-46)32-15-5-3-6-16-32)31-25-27-34(28-26-31)53-40-23-13-10-19-35(40)36-29-30-42-43(47(36)53)38-21-11-14-24-41(38)52(42)33-17-7-4-8-18-33/h3-30H,1-2H3. The van der Waals surface area contributed by atoms with Crippen molar-refractivity contribution in [2.45, 2.75) is 19.3 Å². The lowest BCUT2D eigenvalue weighted by atomic mass is 9.81. The van der Waals surface area contributed by atoms with E-state index in [4.69, 9.17) is 9.97 Å². The summed E-state index contributed by atoms with van der Waals surface area (Å²) >= 11 is 0. The summed E-state index contributed by atoms with van der Waals surface area (Å²) in [4.78, 5) is 10.6. The molecule has 4 heteroatoms. The maximum Gasteiger partial charge on any atom is 0.160 e. The molecule has 0 saturated carbocycles. The van der Waals surface area contributed by atoms with Gasteiger partial charge in [-0.3, -0.25) is 0 Å². The topological polar surface area (TPSA) is 35.6 Å². The minimum atomic E-state index is -0.249. The number of benzene rings is 7. The lowest BCUT2D eigenvalue weighted by molar-refractivity contribution is 0.658. The van der Waals surface area contributed by atoms with E-state index in [0.29, 0.717) is 0 Å². The first kappa shape index (κ1) is 29.9. The van der Waals surface area contributed by atoms with Crippen molar-refractivity contribution in [3.05, 3.63) is 181 Å². The summed E-state index contributed by atoms with van der Waals surface area (Å²) in [7, 11) is 0. The molecule has 0 atom stereocenters. The van der Waals surface area contributed by atoms with Crippen molar-refractivity contribution < 1.29 is 0 Å². The van der Waals surface area contributed by atoms with Crippen molar-refractivity contribution in [3.8, 4) is 45.3 Å². The van der Waals surface area contributed by atoms with Gasteiger partial charge in [0.1, 0.15) is 0 Å². The number of nitrogens with zero attached hydrogens (tertiary/aromatic N) is 4. The van der Waals surface area contributed by atoms with Gasteiger partial charge in [-0.05, 0) is 48.0 Å². The summed E-state index contributed by atoms with van der Waals surface area (Å²) in [6.07, 6.45) is 0. The molecule has 0 fully saturated rings. The molecule has 0 aliphatic heterocycles.